The van der Waals surface area contributed by atoms with Gasteiger partial charge < -0.3 is 10.1 Å². The van der Waals surface area contributed by atoms with Crippen molar-refractivity contribution in [3.63, 3.8) is 0 Å². The van der Waals surface area contributed by atoms with Gasteiger partial charge in [-0.05, 0) is 30.5 Å². The summed E-state index contributed by atoms with van der Waals surface area (Å²) < 4.78 is 5.40. The van der Waals surface area contributed by atoms with Crippen LogP contribution in [0.15, 0.2) is 24.3 Å². The molecule has 2 aliphatic rings. The molecule has 1 aromatic carbocycles. The Morgan fingerprint density at radius 1 is 1.25 bits per heavy atom. The number of ether oxygens (including phenoxy) is 1. The molecule has 0 bridgehead atoms. The van der Waals surface area contributed by atoms with Gasteiger partial charge in [-0.15, -0.1) is 0 Å². The van der Waals surface area contributed by atoms with Gasteiger partial charge in [0.2, 0.25) is 0 Å². The van der Waals surface area contributed by atoms with Crippen LogP contribution < -0.4 is 5.32 Å². The van der Waals surface area contributed by atoms with Gasteiger partial charge in [0.15, 0.2) is 0 Å². The summed E-state index contributed by atoms with van der Waals surface area (Å²) >= 11 is 5.91. The van der Waals surface area contributed by atoms with Gasteiger partial charge >= 0.3 is 0 Å². The second kappa shape index (κ2) is 4.02. The maximum absolute atomic E-state index is 5.91. The maximum Gasteiger partial charge on any atom is 0.0598 e. The third-order valence-corrected chi connectivity index (χ3v) is 3.77. The number of nitrogens with one attached hydrogen (secondary N) is 1. The minimum Gasteiger partial charge on any atom is -0.379 e. The first-order valence-corrected chi connectivity index (χ1v) is 6.24. The fourth-order valence-electron chi connectivity index (χ4n) is 2.15. The van der Waals surface area contributed by atoms with Gasteiger partial charge in [-0.2, -0.15) is 0 Å². The fourth-order valence-corrected chi connectivity index (χ4v) is 2.28. The molecule has 0 aromatic heterocycles. The lowest BCUT2D eigenvalue weighted by molar-refractivity contribution is -0.0591. The van der Waals surface area contributed by atoms with Crippen LogP contribution in [0.5, 0.6) is 0 Å². The summed E-state index contributed by atoms with van der Waals surface area (Å²) in [4.78, 5) is 0. The van der Waals surface area contributed by atoms with E-state index in [0.717, 1.165) is 30.8 Å². The van der Waals surface area contributed by atoms with Crippen LogP contribution >= 0.6 is 11.6 Å². The van der Waals surface area contributed by atoms with Crippen molar-refractivity contribution in [2.24, 2.45) is 0 Å². The van der Waals surface area contributed by atoms with Crippen LogP contribution in [0.1, 0.15) is 18.4 Å². The number of benzene rings is 1. The fraction of sp³-hybridized carbons (Fsp3) is 0.538. The third kappa shape index (κ3) is 1.97. The summed E-state index contributed by atoms with van der Waals surface area (Å²) in [5.41, 5.74) is 1.53. The molecule has 1 aliphatic heterocycles. The second-order valence-electron chi connectivity index (χ2n) is 4.94. The van der Waals surface area contributed by atoms with Crippen LogP contribution in [0.25, 0.3) is 0 Å². The summed E-state index contributed by atoms with van der Waals surface area (Å²) in [5.74, 6) is 0. The molecule has 0 atom stereocenters. The lowest BCUT2D eigenvalue weighted by Gasteiger charge is -2.42. The quantitative estimate of drug-likeness (QED) is 0.868. The van der Waals surface area contributed by atoms with Crippen molar-refractivity contribution in [3.05, 3.63) is 34.9 Å². The molecule has 0 unspecified atom stereocenters. The summed E-state index contributed by atoms with van der Waals surface area (Å²) in [6.45, 7) is 2.68. The average Bonchev–Trinajstić information content (AvgIpc) is 3.03. The molecule has 1 saturated heterocycles. The van der Waals surface area contributed by atoms with Gasteiger partial charge in [0.05, 0.1) is 18.6 Å². The molecule has 1 aliphatic carbocycles. The zero-order valence-corrected chi connectivity index (χ0v) is 9.96. The van der Waals surface area contributed by atoms with Crippen LogP contribution in [0.3, 0.4) is 0 Å². The number of rotatable bonds is 4. The molecule has 2 fully saturated rings. The van der Waals surface area contributed by atoms with Gasteiger partial charge in [-0.1, -0.05) is 23.7 Å². The van der Waals surface area contributed by atoms with E-state index in [1.165, 1.54) is 18.4 Å². The molecule has 1 saturated carbocycles. The van der Waals surface area contributed by atoms with E-state index >= 15 is 0 Å². The van der Waals surface area contributed by atoms with Crippen molar-refractivity contribution in [2.75, 3.05) is 19.8 Å². The van der Waals surface area contributed by atoms with E-state index in [2.05, 4.69) is 17.4 Å². The van der Waals surface area contributed by atoms with Crippen LogP contribution in [-0.4, -0.2) is 25.8 Å². The smallest absolute Gasteiger partial charge is 0.0598 e. The highest BCUT2D eigenvalue weighted by molar-refractivity contribution is 6.30. The molecule has 86 valence electrons. The van der Waals surface area contributed by atoms with Gasteiger partial charge in [0.1, 0.15) is 0 Å². The minimum atomic E-state index is 0.188. The Morgan fingerprint density at radius 3 is 2.44 bits per heavy atom. The first-order valence-electron chi connectivity index (χ1n) is 5.86. The highest BCUT2D eigenvalue weighted by atomic mass is 35.5. The third-order valence-electron chi connectivity index (χ3n) is 3.52. The van der Waals surface area contributed by atoms with Crippen LogP contribution in [0.2, 0.25) is 5.02 Å². The molecule has 1 aromatic rings. The van der Waals surface area contributed by atoms with Crippen molar-refractivity contribution < 1.29 is 4.74 Å². The van der Waals surface area contributed by atoms with Crippen LogP contribution in [0.4, 0.5) is 0 Å². The zero-order valence-electron chi connectivity index (χ0n) is 9.21. The Labute approximate surface area is 101 Å². The zero-order chi connectivity index (χ0) is 11.0. The summed E-state index contributed by atoms with van der Waals surface area (Å²) in [6.07, 6.45) is 2.66. The highest BCUT2D eigenvalue weighted by Gasteiger charge is 2.41. The summed E-state index contributed by atoms with van der Waals surface area (Å²) in [7, 11) is 0. The monoisotopic (exact) mass is 237 g/mol. The number of hydrogen-bond donors (Lipinski definition) is 1. The Bertz CT molecular complexity index is 368. The van der Waals surface area contributed by atoms with Crippen molar-refractivity contribution >= 4 is 11.6 Å². The lowest BCUT2D eigenvalue weighted by atomic mass is 9.78. The van der Waals surface area contributed by atoms with Crippen molar-refractivity contribution in [2.45, 2.75) is 24.3 Å². The highest BCUT2D eigenvalue weighted by Crippen LogP contribution is 2.33. The Kier molecular flexibility index (Phi) is 2.66. The average molecular weight is 238 g/mol. The molecule has 0 spiro atoms. The van der Waals surface area contributed by atoms with E-state index in [-0.39, 0.29) is 5.41 Å². The minimum absolute atomic E-state index is 0.188. The van der Waals surface area contributed by atoms with E-state index < -0.39 is 0 Å². The number of hydrogen-bond acceptors (Lipinski definition) is 2. The molecular formula is C13H16ClNO. The molecule has 0 amide bonds. The van der Waals surface area contributed by atoms with Gasteiger partial charge in [0.25, 0.3) is 0 Å². The van der Waals surface area contributed by atoms with E-state index in [1.807, 2.05) is 12.1 Å². The second-order valence-corrected chi connectivity index (χ2v) is 5.37. The standard InChI is InChI=1S/C13H16ClNO/c14-11-3-1-10(2-4-11)13(8-16-9-13)7-15-12-5-6-12/h1-4,12,15H,5-9H2. The molecule has 0 radical (unpaired) electrons. The Hall–Kier alpha value is -0.570. The molecule has 3 rings (SSSR count). The first-order chi connectivity index (χ1) is 7.78. The van der Waals surface area contributed by atoms with Gasteiger partial charge in [0, 0.05) is 17.6 Å². The Morgan fingerprint density at radius 2 is 1.94 bits per heavy atom. The molecule has 1 heterocycles. The SMILES string of the molecule is Clc1ccc(C2(CNC3CC3)COC2)cc1. The summed E-state index contributed by atoms with van der Waals surface area (Å²) in [5, 5.41) is 4.40. The predicted molar refractivity (Wildman–Crippen MR) is 65.0 cm³/mol. The molecule has 2 nitrogen and oxygen atoms in total. The van der Waals surface area contributed by atoms with Gasteiger partial charge in [-0.25, -0.2) is 0 Å². The van der Waals surface area contributed by atoms with Crippen molar-refractivity contribution in [1.29, 1.82) is 0 Å². The molecule has 16 heavy (non-hydrogen) atoms. The van der Waals surface area contributed by atoms with Gasteiger partial charge in [-0.3, -0.25) is 0 Å². The van der Waals surface area contributed by atoms with E-state index in [9.17, 15) is 0 Å². The van der Waals surface area contributed by atoms with E-state index in [0.29, 0.717) is 0 Å². The van der Waals surface area contributed by atoms with E-state index in [4.69, 9.17) is 16.3 Å². The maximum atomic E-state index is 5.91. The molecule has 1 N–H and O–H groups in total. The topological polar surface area (TPSA) is 21.3 Å². The molecular weight excluding hydrogens is 222 g/mol. The first kappa shape index (κ1) is 10.6. The number of halogens is 1. The normalized spacial score (nSPS) is 22.8. The summed E-state index contributed by atoms with van der Waals surface area (Å²) in [6, 6.07) is 8.94. The van der Waals surface area contributed by atoms with Crippen LogP contribution in [-0.2, 0) is 10.2 Å². The van der Waals surface area contributed by atoms with Crippen molar-refractivity contribution in [3.8, 4) is 0 Å². The molecule has 3 heteroatoms. The van der Waals surface area contributed by atoms with Crippen LogP contribution in [0, 0.1) is 0 Å². The van der Waals surface area contributed by atoms with E-state index in [1.54, 1.807) is 0 Å². The lowest BCUT2D eigenvalue weighted by Crippen LogP contribution is -2.53. The van der Waals surface area contributed by atoms with Crippen molar-refractivity contribution in [1.82, 2.24) is 5.32 Å². The largest absolute Gasteiger partial charge is 0.379 e. The predicted octanol–water partition coefficient (Wildman–Crippen LogP) is 2.36. The Balaban J connectivity index is 1.74.